The van der Waals surface area contributed by atoms with Gasteiger partial charge in [-0.05, 0) is 12.1 Å². The van der Waals surface area contributed by atoms with Crippen LogP contribution in [0.5, 0.6) is 0 Å². The Labute approximate surface area is 97.0 Å². The van der Waals surface area contributed by atoms with Crippen LogP contribution in [0.15, 0.2) is 18.2 Å². The topological polar surface area (TPSA) is 84.2 Å². The minimum absolute atomic E-state index is 0.0415. The molecule has 2 amide bonds. The van der Waals surface area contributed by atoms with Crippen molar-refractivity contribution in [1.29, 1.82) is 0 Å². The van der Waals surface area contributed by atoms with E-state index in [9.17, 15) is 9.59 Å². The molecule has 1 unspecified atom stereocenters. The fourth-order valence-electron chi connectivity index (χ4n) is 1.64. The number of anilines is 1. The van der Waals surface area contributed by atoms with Crippen LogP contribution in [0.4, 0.5) is 5.69 Å². The van der Waals surface area contributed by atoms with Crippen molar-refractivity contribution in [2.45, 2.75) is 6.04 Å². The molecular weight excluding hydrogens is 230 g/mol. The molecule has 0 aromatic heterocycles. The van der Waals surface area contributed by atoms with Crippen molar-refractivity contribution in [2.24, 2.45) is 5.73 Å². The van der Waals surface area contributed by atoms with E-state index < -0.39 is 11.9 Å². The summed E-state index contributed by atoms with van der Waals surface area (Å²) in [5.74, 6) is -0.714. The summed E-state index contributed by atoms with van der Waals surface area (Å²) in [6, 6.07) is 4.56. The Morgan fingerprint density at radius 3 is 3.00 bits per heavy atom. The van der Waals surface area contributed by atoms with Crippen LogP contribution >= 0.6 is 11.6 Å². The van der Waals surface area contributed by atoms with E-state index in [0.29, 0.717) is 10.7 Å². The van der Waals surface area contributed by atoms with Crippen LogP contribution in [0.2, 0.25) is 5.02 Å². The van der Waals surface area contributed by atoms with Gasteiger partial charge in [-0.1, -0.05) is 17.7 Å². The molecule has 1 aliphatic rings. The quantitative estimate of drug-likeness (QED) is 0.714. The number of rotatable bonds is 3. The van der Waals surface area contributed by atoms with Gasteiger partial charge in [-0.3, -0.25) is 14.9 Å². The molecule has 2 rings (SSSR count). The molecule has 0 fully saturated rings. The zero-order valence-electron chi connectivity index (χ0n) is 8.29. The molecule has 1 aromatic carbocycles. The summed E-state index contributed by atoms with van der Waals surface area (Å²) in [5.41, 5.74) is 6.45. The standard InChI is InChI=1S/C10H10ClN3O2/c11-5-1-2-6-7(3-5)14-10(16)9(6)13-4-8(12)15/h1-3,9,13H,4H2,(H2,12,15)(H,14,16). The second-order valence-corrected chi connectivity index (χ2v) is 3.94. The van der Waals surface area contributed by atoms with Crippen LogP contribution in [0.25, 0.3) is 0 Å². The number of carbonyl (C=O) groups excluding carboxylic acids is 2. The third kappa shape index (κ3) is 2.00. The second-order valence-electron chi connectivity index (χ2n) is 3.50. The van der Waals surface area contributed by atoms with Gasteiger partial charge >= 0.3 is 0 Å². The van der Waals surface area contributed by atoms with Crippen molar-refractivity contribution in [2.75, 3.05) is 11.9 Å². The van der Waals surface area contributed by atoms with Gasteiger partial charge in [0.15, 0.2) is 0 Å². The number of nitrogens with two attached hydrogens (primary N) is 1. The molecule has 0 bridgehead atoms. The van der Waals surface area contributed by atoms with E-state index in [0.717, 1.165) is 5.56 Å². The maximum absolute atomic E-state index is 11.6. The SMILES string of the molecule is NC(=O)CNC1C(=O)Nc2cc(Cl)ccc21. The van der Waals surface area contributed by atoms with Crippen molar-refractivity contribution in [3.63, 3.8) is 0 Å². The lowest BCUT2D eigenvalue weighted by molar-refractivity contribution is -0.119. The molecule has 5 nitrogen and oxygen atoms in total. The fourth-order valence-corrected chi connectivity index (χ4v) is 1.81. The first-order valence-electron chi connectivity index (χ1n) is 4.70. The lowest BCUT2D eigenvalue weighted by atomic mass is 10.1. The maximum atomic E-state index is 11.6. The van der Waals surface area contributed by atoms with Crippen LogP contribution in [0.1, 0.15) is 11.6 Å². The monoisotopic (exact) mass is 239 g/mol. The molecule has 0 aliphatic carbocycles. The van der Waals surface area contributed by atoms with Gasteiger partial charge in [0.2, 0.25) is 11.8 Å². The first-order chi connectivity index (χ1) is 7.58. The smallest absolute Gasteiger partial charge is 0.246 e. The van der Waals surface area contributed by atoms with E-state index in [1.54, 1.807) is 18.2 Å². The molecule has 0 radical (unpaired) electrons. The average molecular weight is 240 g/mol. The highest BCUT2D eigenvalue weighted by molar-refractivity contribution is 6.31. The molecule has 16 heavy (non-hydrogen) atoms. The number of benzene rings is 1. The highest BCUT2D eigenvalue weighted by Gasteiger charge is 2.30. The predicted octanol–water partition coefficient (Wildman–Crippen LogP) is 0.408. The van der Waals surface area contributed by atoms with E-state index in [1.165, 1.54) is 0 Å². The van der Waals surface area contributed by atoms with Gasteiger partial charge in [0, 0.05) is 16.3 Å². The van der Waals surface area contributed by atoms with E-state index in [2.05, 4.69) is 10.6 Å². The molecule has 0 spiro atoms. The summed E-state index contributed by atoms with van der Waals surface area (Å²) in [5, 5.41) is 6.00. The second kappa shape index (κ2) is 4.11. The van der Waals surface area contributed by atoms with Crippen LogP contribution < -0.4 is 16.4 Å². The Morgan fingerprint density at radius 1 is 1.56 bits per heavy atom. The number of hydrogen-bond acceptors (Lipinski definition) is 3. The third-order valence-electron chi connectivity index (χ3n) is 2.33. The van der Waals surface area contributed by atoms with Crippen LogP contribution in [-0.2, 0) is 9.59 Å². The Balaban J connectivity index is 2.22. The summed E-state index contributed by atoms with van der Waals surface area (Å²) in [4.78, 5) is 22.2. The Bertz CT molecular complexity index is 461. The lowest BCUT2D eigenvalue weighted by Gasteiger charge is -2.09. The van der Waals surface area contributed by atoms with Gasteiger partial charge in [0.1, 0.15) is 6.04 Å². The van der Waals surface area contributed by atoms with Gasteiger partial charge in [0.25, 0.3) is 0 Å². The predicted molar refractivity (Wildman–Crippen MR) is 60.0 cm³/mol. The number of fused-ring (bicyclic) bond motifs is 1. The third-order valence-corrected chi connectivity index (χ3v) is 2.56. The van der Waals surface area contributed by atoms with E-state index in [1.807, 2.05) is 0 Å². The van der Waals surface area contributed by atoms with E-state index in [4.69, 9.17) is 17.3 Å². The summed E-state index contributed by atoms with van der Waals surface area (Å²) in [6.07, 6.45) is 0. The first-order valence-corrected chi connectivity index (χ1v) is 5.08. The van der Waals surface area contributed by atoms with Crippen molar-refractivity contribution >= 4 is 29.1 Å². The molecule has 6 heteroatoms. The minimum Gasteiger partial charge on any atom is -0.369 e. The Hall–Kier alpha value is -1.59. The molecule has 1 aromatic rings. The average Bonchev–Trinajstić information content (AvgIpc) is 2.50. The number of amides is 2. The highest BCUT2D eigenvalue weighted by Crippen LogP contribution is 2.32. The molecule has 1 aliphatic heterocycles. The molecule has 1 atom stereocenters. The number of primary amides is 1. The van der Waals surface area contributed by atoms with Crippen molar-refractivity contribution < 1.29 is 9.59 Å². The van der Waals surface area contributed by atoms with Crippen LogP contribution in [0.3, 0.4) is 0 Å². The van der Waals surface area contributed by atoms with Gasteiger partial charge < -0.3 is 11.1 Å². The molecule has 84 valence electrons. The molecule has 1 heterocycles. The van der Waals surface area contributed by atoms with E-state index >= 15 is 0 Å². The molecule has 0 saturated carbocycles. The van der Waals surface area contributed by atoms with Gasteiger partial charge in [-0.25, -0.2) is 0 Å². The number of carbonyl (C=O) groups is 2. The fraction of sp³-hybridized carbons (Fsp3) is 0.200. The molecule has 4 N–H and O–H groups in total. The minimum atomic E-state index is -0.542. The largest absolute Gasteiger partial charge is 0.369 e. The maximum Gasteiger partial charge on any atom is 0.246 e. The Morgan fingerprint density at radius 2 is 2.31 bits per heavy atom. The van der Waals surface area contributed by atoms with Crippen molar-refractivity contribution in [3.8, 4) is 0 Å². The summed E-state index contributed by atoms with van der Waals surface area (Å²) >= 11 is 5.80. The highest BCUT2D eigenvalue weighted by atomic mass is 35.5. The number of nitrogens with one attached hydrogen (secondary N) is 2. The zero-order chi connectivity index (χ0) is 11.7. The van der Waals surface area contributed by atoms with Gasteiger partial charge in [-0.2, -0.15) is 0 Å². The summed E-state index contributed by atoms with van der Waals surface area (Å²) < 4.78 is 0. The van der Waals surface area contributed by atoms with Crippen LogP contribution in [-0.4, -0.2) is 18.4 Å². The molecular formula is C10H10ClN3O2. The van der Waals surface area contributed by atoms with Gasteiger partial charge in [-0.15, -0.1) is 0 Å². The first kappa shape index (κ1) is 10.9. The van der Waals surface area contributed by atoms with Crippen molar-refractivity contribution in [1.82, 2.24) is 5.32 Å². The van der Waals surface area contributed by atoms with Gasteiger partial charge in [0.05, 0.1) is 6.54 Å². The van der Waals surface area contributed by atoms with Crippen LogP contribution in [0, 0.1) is 0 Å². The molecule has 0 saturated heterocycles. The lowest BCUT2D eigenvalue weighted by Crippen LogP contribution is -2.34. The normalized spacial score (nSPS) is 18.1. The Kier molecular flexibility index (Phi) is 2.80. The van der Waals surface area contributed by atoms with Crippen molar-refractivity contribution in [3.05, 3.63) is 28.8 Å². The number of hydrogen-bond donors (Lipinski definition) is 3. The zero-order valence-corrected chi connectivity index (χ0v) is 9.04. The number of halogens is 1. The summed E-state index contributed by atoms with van der Waals surface area (Å²) in [6.45, 7) is -0.0415. The van der Waals surface area contributed by atoms with E-state index in [-0.39, 0.29) is 12.5 Å². The summed E-state index contributed by atoms with van der Waals surface area (Å²) in [7, 11) is 0.